The van der Waals surface area contributed by atoms with Crippen LogP contribution in [0.4, 0.5) is 0 Å². The van der Waals surface area contributed by atoms with Crippen molar-refractivity contribution in [2.45, 2.75) is 54.4 Å². The van der Waals surface area contributed by atoms with Crippen LogP contribution >= 0.6 is 0 Å². The summed E-state index contributed by atoms with van der Waals surface area (Å²) in [7, 11) is 2.70. The van der Waals surface area contributed by atoms with E-state index in [-0.39, 0.29) is 16.7 Å². The van der Waals surface area contributed by atoms with Crippen molar-refractivity contribution in [1.82, 2.24) is 5.32 Å². The molecular formula is C14H31NO2. The van der Waals surface area contributed by atoms with Gasteiger partial charge in [0.25, 0.3) is 0 Å². The van der Waals surface area contributed by atoms with Crippen LogP contribution in [0.1, 0.15) is 54.4 Å². The number of aliphatic hydroxyl groups excluding tert-OH is 1. The highest BCUT2D eigenvalue weighted by atomic mass is 16.2. The molecule has 2 N–H and O–H groups in total. The average Bonchev–Trinajstić information content (AvgIpc) is 2.18. The van der Waals surface area contributed by atoms with Gasteiger partial charge in [-0.3, -0.25) is 4.79 Å². The van der Waals surface area contributed by atoms with E-state index in [0.29, 0.717) is 12.3 Å². The van der Waals surface area contributed by atoms with Crippen LogP contribution in [0.5, 0.6) is 0 Å². The summed E-state index contributed by atoms with van der Waals surface area (Å²) < 4.78 is 0. The molecule has 17 heavy (non-hydrogen) atoms. The van der Waals surface area contributed by atoms with Gasteiger partial charge in [0.2, 0.25) is 5.91 Å². The fourth-order valence-corrected chi connectivity index (χ4v) is 2.02. The van der Waals surface area contributed by atoms with E-state index in [1.807, 2.05) is 0 Å². The molecule has 3 heteroatoms. The summed E-state index contributed by atoms with van der Waals surface area (Å²) in [6.45, 7) is 13.4. The van der Waals surface area contributed by atoms with Gasteiger partial charge in [-0.1, -0.05) is 41.5 Å². The summed E-state index contributed by atoms with van der Waals surface area (Å²) in [5, 5.41) is 9.70. The van der Waals surface area contributed by atoms with Crippen LogP contribution in [0.25, 0.3) is 0 Å². The zero-order chi connectivity index (χ0) is 14.3. The molecule has 0 aromatic heterocycles. The topological polar surface area (TPSA) is 49.3 Å². The van der Waals surface area contributed by atoms with E-state index < -0.39 is 0 Å². The third-order valence-corrected chi connectivity index (χ3v) is 3.42. The first-order valence-electron chi connectivity index (χ1n) is 6.26. The van der Waals surface area contributed by atoms with Crippen LogP contribution in [0, 0.1) is 16.7 Å². The van der Waals surface area contributed by atoms with Gasteiger partial charge >= 0.3 is 0 Å². The van der Waals surface area contributed by atoms with Crippen molar-refractivity contribution in [1.29, 1.82) is 0 Å². The van der Waals surface area contributed by atoms with E-state index in [2.05, 4.69) is 46.9 Å². The number of hydrogen-bond acceptors (Lipinski definition) is 2. The number of rotatable bonds is 5. The maximum Gasteiger partial charge on any atom is 0.220 e. The van der Waals surface area contributed by atoms with Crippen molar-refractivity contribution in [2.24, 2.45) is 16.7 Å². The smallest absolute Gasteiger partial charge is 0.220 e. The van der Waals surface area contributed by atoms with E-state index in [0.717, 1.165) is 13.5 Å². The molecule has 0 aliphatic rings. The minimum atomic E-state index is 0.0772. The first-order valence-corrected chi connectivity index (χ1v) is 6.26. The zero-order valence-corrected chi connectivity index (χ0v) is 12.8. The molecule has 0 aliphatic heterocycles. The Labute approximate surface area is 107 Å². The van der Waals surface area contributed by atoms with Gasteiger partial charge < -0.3 is 10.4 Å². The molecule has 0 fully saturated rings. The Morgan fingerprint density at radius 1 is 1.18 bits per heavy atom. The van der Waals surface area contributed by atoms with Crippen molar-refractivity contribution >= 4 is 5.91 Å². The number of carbonyl (C=O) groups is 1. The molecular weight excluding hydrogens is 214 g/mol. The summed E-state index contributed by atoms with van der Waals surface area (Å²) >= 11 is 0. The SMILES string of the molecule is CNC(=O)CC(C)(C)CC(C)(C)C(C)C.CO. The molecule has 0 radical (unpaired) electrons. The fourth-order valence-electron chi connectivity index (χ4n) is 2.02. The molecule has 0 unspecified atom stereocenters. The Balaban J connectivity index is 0. The van der Waals surface area contributed by atoms with Gasteiger partial charge in [-0.15, -0.1) is 0 Å². The first kappa shape index (κ1) is 18.8. The number of hydrogen-bond donors (Lipinski definition) is 2. The second kappa shape index (κ2) is 7.70. The van der Waals surface area contributed by atoms with Crippen LogP contribution in [0.3, 0.4) is 0 Å². The van der Waals surface area contributed by atoms with E-state index in [9.17, 15) is 4.79 Å². The van der Waals surface area contributed by atoms with Crippen molar-refractivity contribution < 1.29 is 9.90 Å². The lowest BCUT2D eigenvalue weighted by molar-refractivity contribution is -0.123. The van der Waals surface area contributed by atoms with Gasteiger partial charge in [-0.25, -0.2) is 0 Å². The molecule has 0 aromatic carbocycles. The van der Waals surface area contributed by atoms with Crippen LogP contribution in [-0.2, 0) is 4.79 Å². The summed E-state index contributed by atoms with van der Waals surface area (Å²) in [5.74, 6) is 0.779. The minimum absolute atomic E-state index is 0.0772. The molecule has 104 valence electrons. The number of amides is 1. The van der Waals surface area contributed by atoms with Gasteiger partial charge in [-0.05, 0) is 23.2 Å². The molecule has 0 heterocycles. The van der Waals surface area contributed by atoms with E-state index >= 15 is 0 Å². The zero-order valence-electron chi connectivity index (χ0n) is 12.8. The summed E-state index contributed by atoms with van der Waals surface area (Å²) in [6, 6.07) is 0. The lowest BCUT2D eigenvalue weighted by Crippen LogP contribution is -2.32. The Bertz CT molecular complexity index is 220. The number of nitrogens with one attached hydrogen (secondary N) is 1. The van der Waals surface area contributed by atoms with Crippen molar-refractivity contribution in [3.05, 3.63) is 0 Å². The largest absolute Gasteiger partial charge is 0.400 e. The monoisotopic (exact) mass is 245 g/mol. The van der Waals surface area contributed by atoms with Gasteiger partial charge in [0.05, 0.1) is 0 Å². The van der Waals surface area contributed by atoms with Crippen LogP contribution < -0.4 is 5.32 Å². The molecule has 0 aromatic rings. The van der Waals surface area contributed by atoms with E-state index in [1.54, 1.807) is 7.05 Å². The second-order valence-corrected chi connectivity index (χ2v) is 6.33. The maximum absolute atomic E-state index is 11.4. The molecule has 1 amide bonds. The normalized spacial score (nSPS) is 11.9. The highest BCUT2D eigenvalue weighted by Gasteiger charge is 2.32. The quantitative estimate of drug-likeness (QED) is 0.782. The first-order chi connectivity index (χ1) is 7.60. The maximum atomic E-state index is 11.4. The highest BCUT2D eigenvalue weighted by Crippen LogP contribution is 2.40. The Morgan fingerprint density at radius 2 is 1.59 bits per heavy atom. The van der Waals surface area contributed by atoms with Crippen molar-refractivity contribution in [3.8, 4) is 0 Å². The van der Waals surface area contributed by atoms with Crippen LogP contribution in [-0.4, -0.2) is 25.2 Å². The lowest BCUT2D eigenvalue weighted by atomic mass is 9.68. The van der Waals surface area contributed by atoms with E-state index in [1.165, 1.54) is 0 Å². The Hall–Kier alpha value is -0.570. The van der Waals surface area contributed by atoms with Crippen LogP contribution in [0.2, 0.25) is 0 Å². The number of aliphatic hydroxyl groups is 1. The molecule has 0 saturated carbocycles. The summed E-state index contributed by atoms with van der Waals surface area (Å²) in [4.78, 5) is 11.4. The molecule has 0 bridgehead atoms. The van der Waals surface area contributed by atoms with Gasteiger partial charge in [-0.2, -0.15) is 0 Å². The predicted octanol–water partition coefficient (Wildman–Crippen LogP) is 2.83. The van der Waals surface area contributed by atoms with E-state index in [4.69, 9.17) is 5.11 Å². The number of carbonyl (C=O) groups excluding carboxylic acids is 1. The molecule has 3 nitrogen and oxygen atoms in total. The molecule has 0 rings (SSSR count). The molecule has 0 atom stereocenters. The van der Waals surface area contributed by atoms with Gasteiger partial charge in [0.15, 0.2) is 0 Å². The Kier molecular flexibility index (Phi) is 8.51. The molecule has 0 aliphatic carbocycles. The highest BCUT2D eigenvalue weighted by molar-refractivity contribution is 5.76. The summed E-state index contributed by atoms with van der Waals surface area (Å²) in [5.41, 5.74) is 0.366. The third-order valence-electron chi connectivity index (χ3n) is 3.42. The minimum Gasteiger partial charge on any atom is -0.400 e. The molecule has 0 saturated heterocycles. The standard InChI is InChI=1S/C13H27NO.CH4O/c1-10(2)13(5,6)9-12(3,4)8-11(15)14-7;1-2/h10H,8-9H2,1-7H3,(H,14,15);2H,1H3. The Morgan fingerprint density at radius 3 is 1.88 bits per heavy atom. The lowest BCUT2D eigenvalue weighted by Gasteiger charge is -2.37. The average molecular weight is 245 g/mol. The third kappa shape index (κ3) is 8.19. The van der Waals surface area contributed by atoms with Gasteiger partial charge in [0, 0.05) is 20.6 Å². The van der Waals surface area contributed by atoms with Crippen molar-refractivity contribution in [3.63, 3.8) is 0 Å². The van der Waals surface area contributed by atoms with Gasteiger partial charge in [0.1, 0.15) is 0 Å². The summed E-state index contributed by atoms with van der Waals surface area (Å²) in [6.07, 6.45) is 1.69. The predicted molar refractivity (Wildman–Crippen MR) is 73.8 cm³/mol. The van der Waals surface area contributed by atoms with Crippen LogP contribution in [0.15, 0.2) is 0 Å². The fraction of sp³-hybridized carbons (Fsp3) is 0.929. The second-order valence-electron chi connectivity index (χ2n) is 6.33. The van der Waals surface area contributed by atoms with Crippen molar-refractivity contribution in [2.75, 3.05) is 14.2 Å². The molecule has 0 spiro atoms.